The molecule has 1 unspecified atom stereocenters. The van der Waals surface area contributed by atoms with Crippen molar-refractivity contribution in [3.8, 4) is 5.69 Å². The third kappa shape index (κ3) is 3.79. The second-order valence-corrected chi connectivity index (χ2v) is 5.02. The first-order chi connectivity index (χ1) is 9.85. The van der Waals surface area contributed by atoms with Gasteiger partial charge < -0.3 is 5.32 Å². The Kier molecular flexibility index (Phi) is 5.53. The van der Waals surface area contributed by atoms with Gasteiger partial charge in [0, 0.05) is 6.04 Å². The van der Waals surface area contributed by atoms with Gasteiger partial charge in [-0.15, -0.1) is 0 Å². The van der Waals surface area contributed by atoms with Crippen molar-refractivity contribution >= 4 is 5.95 Å². The van der Waals surface area contributed by atoms with Crippen molar-refractivity contribution in [1.29, 1.82) is 0 Å². The monoisotopic (exact) mass is 273 g/mol. The van der Waals surface area contributed by atoms with Gasteiger partial charge in [0.25, 0.3) is 0 Å². The van der Waals surface area contributed by atoms with Crippen molar-refractivity contribution in [2.75, 3.05) is 5.32 Å². The van der Waals surface area contributed by atoms with Gasteiger partial charge in [0.1, 0.15) is 0 Å². The lowest BCUT2D eigenvalue weighted by atomic mass is 10.1. The third-order valence-corrected chi connectivity index (χ3v) is 3.35. The number of unbranched alkanes of at least 4 members (excludes halogenated alkanes) is 1. The predicted octanol–water partition coefficient (Wildman–Crippen LogP) is 3.43. The van der Waals surface area contributed by atoms with Crippen molar-refractivity contribution in [3.05, 3.63) is 30.3 Å². The SMILES string of the molecule is CCCCC(CCC)Nc1nnnn1-c1ccccc1. The molecule has 0 bridgehead atoms. The summed E-state index contributed by atoms with van der Waals surface area (Å²) in [6, 6.07) is 10.4. The van der Waals surface area contributed by atoms with Crippen LogP contribution in [0.25, 0.3) is 5.69 Å². The molecular weight excluding hydrogens is 250 g/mol. The molecule has 20 heavy (non-hydrogen) atoms. The quantitative estimate of drug-likeness (QED) is 0.800. The zero-order valence-electron chi connectivity index (χ0n) is 12.3. The van der Waals surface area contributed by atoms with Gasteiger partial charge in [-0.3, -0.25) is 0 Å². The van der Waals surface area contributed by atoms with Crippen LogP contribution in [0.1, 0.15) is 46.0 Å². The largest absolute Gasteiger partial charge is 0.350 e. The maximum Gasteiger partial charge on any atom is 0.247 e. The maximum atomic E-state index is 4.11. The number of nitrogens with zero attached hydrogens (tertiary/aromatic N) is 4. The smallest absolute Gasteiger partial charge is 0.247 e. The predicted molar refractivity (Wildman–Crippen MR) is 81.0 cm³/mol. The van der Waals surface area contributed by atoms with Crippen LogP contribution in [-0.2, 0) is 0 Å². The minimum absolute atomic E-state index is 0.438. The average molecular weight is 273 g/mol. The number of benzene rings is 1. The Hall–Kier alpha value is -1.91. The molecule has 0 saturated heterocycles. The number of hydrogen-bond acceptors (Lipinski definition) is 4. The highest BCUT2D eigenvalue weighted by molar-refractivity contribution is 5.38. The molecule has 5 heteroatoms. The minimum Gasteiger partial charge on any atom is -0.350 e. The van der Waals surface area contributed by atoms with E-state index in [1.54, 1.807) is 4.68 Å². The van der Waals surface area contributed by atoms with E-state index in [0.717, 1.165) is 30.9 Å². The summed E-state index contributed by atoms with van der Waals surface area (Å²) in [5, 5.41) is 15.5. The van der Waals surface area contributed by atoms with Gasteiger partial charge in [-0.25, -0.2) is 0 Å². The van der Waals surface area contributed by atoms with Crippen LogP contribution in [0.5, 0.6) is 0 Å². The maximum absolute atomic E-state index is 4.11. The highest BCUT2D eigenvalue weighted by Gasteiger charge is 2.13. The van der Waals surface area contributed by atoms with Gasteiger partial charge in [-0.2, -0.15) is 4.68 Å². The molecule has 108 valence electrons. The Morgan fingerprint density at radius 2 is 1.90 bits per heavy atom. The molecule has 2 aromatic rings. The fraction of sp³-hybridized carbons (Fsp3) is 0.533. The van der Waals surface area contributed by atoms with Crippen LogP contribution >= 0.6 is 0 Å². The lowest BCUT2D eigenvalue weighted by Crippen LogP contribution is -2.21. The van der Waals surface area contributed by atoms with Crippen molar-refractivity contribution in [3.63, 3.8) is 0 Å². The minimum atomic E-state index is 0.438. The summed E-state index contributed by atoms with van der Waals surface area (Å²) in [5.74, 6) is 0.728. The number of aromatic nitrogens is 4. The highest BCUT2D eigenvalue weighted by atomic mass is 15.6. The van der Waals surface area contributed by atoms with Crippen LogP contribution in [0.2, 0.25) is 0 Å². The van der Waals surface area contributed by atoms with Crippen LogP contribution in [0, 0.1) is 0 Å². The third-order valence-electron chi connectivity index (χ3n) is 3.35. The second-order valence-electron chi connectivity index (χ2n) is 5.02. The number of rotatable bonds is 8. The molecule has 5 nitrogen and oxygen atoms in total. The van der Waals surface area contributed by atoms with Gasteiger partial charge in [0.15, 0.2) is 0 Å². The lowest BCUT2D eigenvalue weighted by molar-refractivity contribution is 0.559. The Balaban J connectivity index is 2.10. The number of tetrazole rings is 1. The molecule has 1 N–H and O–H groups in total. The van der Waals surface area contributed by atoms with E-state index < -0.39 is 0 Å². The fourth-order valence-corrected chi connectivity index (χ4v) is 2.29. The van der Waals surface area contributed by atoms with Crippen molar-refractivity contribution in [2.45, 2.75) is 52.0 Å². The molecule has 1 atom stereocenters. The molecule has 0 aliphatic heterocycles. The zero-order valence-corrected chi connectivity index (χ0v) is 12.3. The van der Waals surface area contributed by atoms with Crippen molar-refractivity contribution < 1.29 is 0 Å². The van der Waals surface area contributed by atoms with E-state index in [-0.39, 0.29) is 0 Å². The van der Waals surface area contributed by atoms with Gasteiger partial charge in [0.05, 0.1) is 5.69 Å². The summed E-state index contributed by atoms with van der Waals surface area (Å²) in [6.07, 6.45) is 5.90. The Bertz CT molecular complexity index is 494. The van der Waals surface area contributed by atoms with Gasteiger partial charge in [-0.05, 0) is 35.4 Å². The van der Waals surface area contributed by atoms with Crippen molar-refractivity contribution in [2.24, 2.45) is 0 Å². The van der Waals surface area contributed by atoms with Crippen LogP contribution in [-0.4, -0.2) is 26.2 Å². The summed E-state index contributed by atoms with van der Waals surface area (Å²) in [6.45, 7) is 4.43. The number of anilines is 1. The molecule has 0 aliphatic carbocycles. The molecule has 1 heterocycles. The van der Waals surface area contributed by atoms with Crippen LogP contribution in [0.4, 0.5) is 5.95 Å². The molecule has 0 spiro atoms. The van der Waals surface area contributed by atoms with Gasteiger partial charge in [-0.1, -0.05) is 56.4 Å². The summed E-state index contributed by atoms with van der Waals surface area (Å²) < 4.78 is 1.76. The molecule has 2 rings (SSSR count). The van der Waals surface area contributed by atoms with Crippen LogP contribution < -0.4 is 5.32 Å². The summed E-state index contributed by atoms with van der Waals surface area (Å²) in [7, 11) is 0. The molecule has 1 aromatic heterocycles. The standard InChI is InChI=1S/C15H23N5/c1-3-5-10-13(9-4-2)16-15-17-18-19-20(15)14-11-7-6-8-12-14/h6-8,11-13H,3-5,9-10H2,1-2H3,(H,16,17,19). The molecule has 0 amide bonds. The van der Waals surface area contributed by atoms with E-state index in [4.69, 9.17) is 0 Å². The zero-order chi connectivity index (χ0) is 14.2. The second kappa shape index (κ2) is 7.62. The first kappa shape index (κ1) is 14.5. The average Bonchev–Trinajstić information content (AvgIpc) is 2.94. The van der Waals surface area contributed by atoms with Crippen LogP contribution in [0.15, 0.2) is 30.3 Å². The summed E-state index contributed by atoms with van der Waals surface area (Å²) in [5.41, 5.74) is 0.978. The number of nitrogens with one attached hydrogen (secondary N) is 1. The Morgan fingerprint density at radius 1 is 1.10 bits per heavy atom. The molecule has 0 saturated carbocycles. The van der Waals surface area contributed by atoms with Gasteiger partial charge in [0.2, 0.25) is 5.95 Å². The molecule has 0 radical (unpaired) electrons. The topological polar surface area (TPSA) is 55.6 Å². The van der Waals surface area contributed by atoms with E-state index in [1.165, 1.54) is 12.8 Å². The normalized spacial score (nSPS) is 12.3. The Morgan fingerprint density at radius 3 is 2.60 bits per heavy atom. The van der Waals surface area contributed by atoms with Crippen molar-refractivity contribution in [1.82, 2.24) is 20.2 Å². The lowest BCUT2D eigenvalue weighted by Gasteiger charge is -2.18. The number of hydrogen-bond donors (Lipinski definition) is 1. The van der Waals surface area contributed by atoms with E-state index in [1.807, 2.05) is 30.3 Å². The number of para-hydroxylation sites is 1. The van der Waals surface area contributed by atoms with Crippen LogP contribution in [0.3, 0.4) is 0 Å². The van der Waals surface area contributed by atoms with E-state index in [2.05, 4.69) is 34.7 Å². The fourth-order valence-electron chi connectivity index (χ4n) is 2.29. The van der Waals surface area contributed by atoms with Gasteiger partial charge >= 0.3 is 0 Å². The molecule has 0 aliphatic rings. The molecular formula is C15H23N5. The van der Waals surface area contributed by atoms with E-state index >= 15 is 0 Å². The first-order valence-electron chi connectivity index (χ1n) is 7.45. The first-order valence-corrected chi connectivity index (χ1v) is 7.45. The van der Waals surface area contributed by atoms with E-state index in [0.29, 0.717) is 6.04 Å². The molecule has 1 aromatic carbocycles. The van der Waals surface area contributed by atoms with E-state index in [9.17, 15) is 0 Å². The molecule has 0 fully saturated rings. The summed E-state index contributed by atoms with van der Waals surface area (Å²) >= 11 is 0. The Labute approximate surface area is 120 Å². The summed E-state index contributed by atoms with van der Waals surface area (Å²) in [4.78, 5) is 0. The highest BCUT2D eigenvalue weighted by Crippen LogP contribution is 2.15.